The van der Waals surface area contributed by atoms with Crippen LogP contribution in [0.5, 0.6) is 0 Å². The first-order chi connectivity index (χ1) is 12.6. The number of hydrogen-bond acceptors (Lipinski definition) is 4. The van der Waals surface area contributed by atoms with E-state index < -0.39 is 0 Å². The van der Waals surface area contributed by atoms with Gasteiger partial charge >= 0.3 is 0 Å². The minimum Gasteiger partial charge on any atom is -0.459 e. The molecule has 1 amide bonds. The van der Waals surface area contributed by atoms with Gasteiger partial charge in [-0.05, 0) is 44.5 Å². The molecule has 0 aliphatic heterocycles. The number of nitrogens with zero attached hydrogens (tertiary/aromatic N) is 3. The molecular weight excluding hydrogens is 330 g/mol. The monoisotopic (exact) mass is 353 g/mol. The van der Waals surface area contributed by atoms with E-state index >= 15 is 0 Å². The molecule has 26 heavy (non-hydrogen) atoms. The summed E-state index contributed by atoms with van der Waals surface area (Å²) in [5.74, 6) is 0.700. The first kappa shape index (κ1) is 17.9. The van der Waals surface area contributed by atoms with Gasteiger partial charge in [-0.25, -0.2) is 4.98 Å². The predicted octanol–water partition coefficient (Wildman–Crippen LogP) is 3.62. The molecule has 0 radical (unpaired) electrons. The van der Waals surface area contributed by atoms with Crippen LogP contribution in [0.3, 0.4) is 0 Å². The molecule has 0 N–H and O–H groups in total. The van der Waals surface area contributed by atoms with Gasteiger partial charge in [0.05, 0.1) is 23.2 Å². The first-order valence-corrected chi connectivity index (χ1v) is 8.96. The Kier molecular flexibility index (Phi) is 5.21. The highest BCUT2D eigenvalue weighted by atomic mass is 16.3. The fraction of sp³-hybridized carbons (Fsp3) is 0.350. The van der Waals surface area contributed by atoms with E-state index in [1.54, 1.807) is 27.7 Å². The number of aromatic nitrogens is 2. The molecule has 0 spiro atoms. The van der Waals surface area contributed by atoms with Gasteiger partial charge < -0.3 is 9.32 Å². The van der Waals surface area contributed by atoms with E-state index in [2.05, 4.69) is 0 Å². The van der Waals surface area contributed by atoms with Crippen LogP contribution in [0.2, 0.25) is 0 Å². The van der Waals surface area contributed by atoms with Crippen molar-refractivity contribution in [3.05, 3.63) is 64.6 Å². The summed E-state index contributed by atoms with van der Waals surface area (Å²) >= 11 is 0. The molecule has 3 rings (SSSR count). The fourth-order valence-electron chi connectivity index (χ4n) is 3.33. The molecule has 1 aromatic carbocycles. The Morgan fingerprint density at radius 2 is 1.96 bits per heavy atom. The highest BCUT2D eigenvalue weighted by molar-refractivity contribution is 5.91. The molecule has 6 heteroatoms. The number of amides is 1. The Labute approximate surface area is 152 Å². The third kappa shape index (κ3) is 3.03. The second-order valence-corrected chi connectivity index (χ2v) is 6.03. The van der Waals surface area contributed by atoms with Gasteiger partial charge in [-0.15, -0.1) is 0 Å². The fourth-order valence-corrected chi connectivity index (χ4v) is 3.33. The predicted molar refractivity (Wildman–Crippen MR) is 100 cm³/mol. The molecule has 0 fully saturated rings. The Bertz CT molecular complexity index is 960. The third-order valence-electron chi connectivity index (χ3n) is 4.60. The zero-order valence-electron chi connectivity index (χ0n) is 15.3. The maximum absolute atomic E-state index is 12.9. The van der Waals surface area contributed by atoms with Crippen LogP contribution in [-0.4, -0.2) is 26.9 Å². The molecule has 0 aliphatic rings. The average molecular weight is 353 g/mol. The van der Waals surface area contributed by atoms with Crippen LogP contribution in [0, 0.1) is 0 Å². The van der Waals surface area contributed by atoms with Crippen LogP contribution < -0.4 is 5.56 Å². The smallest absolute Gasteiger partial charge is 0.290 e. The van der Waals surface area contributed by atoms with Gasteiger partial charge in [0.2, 0.25) is 0 Å². The van der Waals surface area contributed by atoms with E-state index in [-0.39, 0.29) is 23.3 Å². The van der Waals surface area contributed by atoms with Gasteiger partial charge in [-0.2, -0.15) is 0 Å². The molecule has 0 saturated carbocycles. The zero-order valence-corrected chi connectivity index (χ0v) is 15.3. The largest absolute Gasteiger partial charge is 0.459 e. The quantitative estimate of drug-likeness (QED) is 0.679. The summed E-state index contributed by atoms with van der Waals surface area (Å²) in [6.45, 7) is 6.81. The maximum Gasteiger partial charge on any atom is 0.290 e. The Morgan fingerprint density at radius 3 is 2.58 bits per heavy atom. The summed E-state index contributed by atoms with van der Waals surface area (Å²) in [7, 11) is 0. The molecule has 0 saturated heterocycles. The Balaban J connectivity index is 2.15. The minimum absolute atomic E-state index is 0.0759. The standard InChI is InChI=1S/C20H23N3O3/c1-4-16(22(5-2)20(25)17-12-9-13-26-17)18-21-15-11-8-7-10-14(15)19(24)23(18)6-3/h7-13,16H,4-6H2,1-3H3. The van der Waals surface area contributed by atoms with Crippen molar-refractivity contribution in [3.8, 4) is 0 Å². The molecule has 136 valence electrons. The van der Waals surface area contributed by atoms with Gasteiger partial charge in [0.25, 0.3) is 11.5 Å². The third-order valence-corrected chi connectivity index (χ3v) is 4.60. The van der Waals surface area contributed by atoms with E-state index in [9.17, 15) is 9.59 Å². The SMILES string of the molecule is CCC(c1nc2ccccc2c(=O)n1CC)N(CC)C(=O)c1ccco1. The lowest BCUT2D eigenvalue weighted by atomic mass is 10.1. The van der Waals surface area contributed by atoms with Gasteiger partial charge in [0.1, 0.15) is 5.82 Å². The summed E-state index contributed by atoms with van der Waals surface area (Å²) in [4.78, 5) is 32.2. The van der Waals surface area contributed by atoms with E-state index in [0.717, 1.165) is 0 Å². The maximum atomic E-state index is 12.9. The highest BCUT2D eigenvalue weighted by Gasteiger charge is 2.29. The number of rotatable bonds is 6. The number of para-hydroxylation sites is 1. The van der Waals surface area contributed by atoms with Crippen LogP contribution >= 0.6 is 0 Å². The second kappa shape index (κ2) is 7.56. The Hall–Kier alpha value is -2.89. The van der Waals surface area contributed by atoms with Crippen molar-refractivity contribution in [1.82, 2.24) is 14.5 Å². The molecule has 0 bridgehead atoms. The summed E-state index contributed by atoms with van der Waals surface area (Å²) in [6.07, 6.45) is 2.13. The van der Waals surface area contributed by atoms with Gasteiger partial charge in [-0.1, -0.05) is 19.1 Å². The van der Waals surface area contributed by atoms with Crippen molar-refractivity contribution < 1.29 is 9.21 Å². The van der Waals surface area contributed by atoms with Crippen molar-refractivity contribution in [2.45, 2.75) is 39.8 Å². The number of benzene rings is 1. The lowest BCUT2D eigenvalue weighted by molar-refractivity contribution is 0.0637. The van der Waals surface area contributed by atoms with Crippen LogP contribution in [0.1, 0.15) is 49.6 Å². The number of carbonyl (C=O) groups excluding carboxylic acids is 1. The lowest BCUT2D eigenvalue weighted by Crippen LogP contribution is -2.38. The van der Waals surface area contributed by atoms with Crippen LogP contribution in [0.25, 0.3) is 10.9 Å². The topological polar surface area (TPSA) is 68.3 Å². The van der Waals surface area contributed by atoms with Crippen LogP contribution in [-0.2, 0) is 6.54 Å². The highest BCUT2D eigenvalue weighted by Crippen LogP contribution is 2.25. The normalized spacial score (nSPS) is 12.3. The van der Waals surface area contributed by atoms with Gasteiger partial charge in [0, 0.05) is 13.1 Å². The Morgan fingerprint density at radius 1 is 1.19 bits per heavy atom. The van der Waals surface area contributed by atoms with Crippen LogP contribution in [0.4, 0.5) is 0 Å². The molecule has 2 heterocycles. The zero-order chi connectivity index (χ0) is 18.7. The van der Waals surface area contributed by atoms with E-state index in [4.69, 9.17) is 9.40 Å². The first-order valence-electron chi connectivity index (χ1n) is 8.96. The van der Waals surface area contributed by atoms with Crippen molar-refractivity contribution in [2.75, 3.05) is 6.54 Å². The van der Waals surface area contributed by atoms with Gasteiger partial charge in [-0.3, -0.25) is 14.2 Å². The van der Waals surface area contributed by atoms with E-state index in [0.29, 0.717) is 36.2 Å². The van der Waals surface area contributed by atoms with Crippen molar-refractivity contribution in [2.24, 2.45) is 0 Å². The summed E-state index contributed by atoms with van der Waals surface area (Å²) in [5.41, 5.74) is 0.574. The van der Waals surface area contributed by atoms with Crippen molar-refractivity contribution in [3.63, 3.8) is 0 Å². The molecular formula is C20H23N3O3. The molecule has 0 aliphatic carbocycles. The molecule has 1 unspecified atom stereocenters. The minimum atomic E-state index is -0.310. The number of carbonyl (C=O) groups is 1. The average Bonchev–Trinajstić information content (AvgIpc) is 3.20. The number of fused-ring (bicyclic) bond motifs is 1. The summed E-state index contributed by atoms with van der Waals surface area (Å²) in [6, 6.07) is 10.3. The second-order valence-electron chi connectivity index (χ2n) is 6.03. The summed E-state index contributed by atoms with van der Waals surface area (Å²) in [5, 5.41) is 0.591. The van der Waals surface area contributed by atoms with E-state index in [1.165, 1.54) is 6.26 Å². The van der Waals surface area contributed by atoms with Crippen molar-refractivity contribution >= 4 is 16.8 Å². The molecule has 3 aromatic rings. The number of hydrogen-bond donors (Lipinski definition) is 0. The van der Waals surface area contributed by atoms with Crippen LogP contribution in [0.15, 0.2) is 51.9 Å². The lowest BCUT2D eigenvalue weighted by Gasteiger charge is -2.30. The molecule has 2 aromatic heterocycles. The summed E-state index contributed by atoms with van der Waals surface area (Å²) < 4.78 is 6.94. The van der Waals surface area contributed by atoms with Crippen molar-refractivity contribution in [1.29, 1.82) is 0 Å². The van der Waals surface area contributed by atoms with Gasteiger partial charge in [0.15, 0.2) is 5.76 Å². The molecule has 1 atom stereocenters. The molecule has 6 nitrogen and oxygen atoms in total. The number of furan rings is 1. The van der Waals surface area contributed by atoms with E-state index in [1.807, 2.05) is 39.0 Å².